The molecule has 1 unspecified atom stereocenters. The van der Waals surface area contributed by atoms with Gasteiger partial charge in [0.1, 0.15) is 29.7 Å². The van der Waals surface area contributed by atoms with Gasteiger partial charge in [-0.05, 0) is 75.6 Å². The lowest BCUT2D eigenvalue weighted by Gasteiger charge is -2.38. The van der Waals surface area contributed by atoms with Crippen LogP contribution in [-0.2, 0) is 31.0 Å². The molecule has 3 aromatic carbocycles. The second-order valence-electron chi connectivity index (χ2n) is 14.3. The van der Waals surface area contributed by atoms with Gasteiger partial charge >= 0.3 is 5.69 Å². The summed E-state index contributed by atoms with van der Waals surface area (Å²) >= 11 is 0. The standard InChI is InChI=1S/C42H51N6O8P/c1-28(2)48(29(3)4)57(55-23-11-22-43)45-40(51)37-24-36(26-47(37)38(49)27-46-25-30(5)39(50)44-41(46)52)56-42(31-12-9-8-10-13-31,32-14-18-34(53-6)19-15-32)33-16-20-35(54-7)21-17-33/h8-10,12-21,25,28-29,36-37H,11,23-24,26-27H2,1-7H3,(H,45,51)(H,44,50,52)/t36-,37+,57?/m0/s1. The first-order valence-electron chi connectivity index (χ1n) is 18.8. The van der Waals surface area contributed by atoms with Gasteiger partial charge in [0.2, 0.25) is 20.3 Å². The molecule has 57 heavy (non-hydrogen) atoms. The highest BCUT2D eigenvalue weighted by Crippen LogP contribution is 2.45. The highest BCUT2D eigenvalue weighted by atomic mass is 31.2. The van der Waals surface area contributed by atoms with E-state index < -0.39 is 55.8 Å². The Labute approximate surface area is 334 Å². The second kappa shape index (κ2) is 19.2. The molecule has 0 spiro atoms. The van der Waals surface area contributed by atoms with Crippen LogP contribution >= 0.6 is 8.45 Å². The summed E-state index contributed by atoms with van der Waals surface area (Å²) in [5.41, 5.74) is 0.0898. The summed E-state index contributed by atoms with van der Waals surface area (Å²) in [4.78, 5) is 57.5. The number of carbonyl (C=O) groups is 2. The van der Waals surface area contributed by atoms with Gasteiger partial charge in [0.15, 0.2) is 0 Å². The molecule has 1 saturated heterocycles. The van der Waals surface area contributed by atoms with E-state index in [9.17, 15) is 24.4 Å². The zero-order valence-corrected chi connectivity index (χ0v) is 34.3. The number of methoxy groups -OCH3 is 2. The van der Waals surface area contributed by atoms with Crippen LogP contribution in [0.4, 0.5) is 0 Å². The van der Waals surface area contributed by atoms with Gasteiger partial charge in [-0.2, -0.15) is 5.26 Å². The molecule has 2 amide bonds. The van der Waals surface area contributed by atoms with Crippen molar-refractivity contribution in [3.63, 3.8) is 0 Å². The summed E-state index contributed by atoms with van der Waals surface area (Å²) in [6, 6.07) is 25.9. The topological polar surface area (TPSA) is 168 Å². The molecule has 1 aliphatic rings. The molecule has 1 aromatic heterocycles. The third-order valence-electron chi connectivity index (χ3n) is 9.80. The highest BCUT2D eigenvalue weighted by molar-refractivity contribution is 7.48. The first-order valence-corrected chi connectivity index (χ1v) is 20.0. The summed E-state index contributed by atoms with van der Waals surface area (Å²) in [5.74, 6) is 0.326. The third-order valence-corrected chi connectivity index (χ3v) is 12.0. The van der Waals surface area contributed by atoms with Gasteiger partial charge < -0.3 is 23.6 Å². The van der Waals surface area contributed by atoms with Crippen molar-refractivity contribution in [1.82, 2.24) is 24.2 Å². The van der Waals surface area contributed by atoms with Crippen LogP contribution in [-0.4, -0.2) is 82.5 Å². The van der Waals surface area contributed by atoms with Crippen molar-refractivity contribution in [1.29, 1.82) is 5.26 Å². The Kier molecular flexibility index (Phi) is 14.4. The maximum atomic E-state index is 14.6. The SMILES string of the molecule is COc1ccc(C(O[C@H]2C[C@H](C(=O)NP(OCCC#N)N(C(C)C)C(C)C)N(C(=O)Cn3cc(C)c(=O)[nH]c3=O)C2)(c2ccccc2)c2ccc(OC)cc2)cc1. The summed E-state index contributed by atoms with van der Waals surface area (Å²) in [5, 5.41) is 12.3. The van der Waals surface area contributed by atoms with Crippen LogP contribution in [0, 0.1) is 18.3 Å². The van der Waals surface area contributed by atoms with E-state index in [1.165, 1.54) is 11.1 Å². The minimum atomic E-state index is -1.74. The Hall–Kier alpha value is -5.32. The summed E-state index contributed by atoms with van der Waals surface area (Å²) < 4.78 is 27.7. The van der Waals surface area contributed by atoms with E-state index in [0.717, 1.165) is 21.3 Å². The molecule has 15 heteroatoms. The first kappa shape index (κ1) is 42.8. The lowest BCUT2D eigenvalue weighted by molar-refractivity contribution is -0.138. The molecule has 2 heterocycles. The number of hydrogen-bond donors (Lipinski definition) is 2. The summed E-state index contributed by atoms with van der Waals surface area (Å²) in [7, 11) is 1.45. The van der Waals surface area contributed by atoms with E-state index in [1.807, 2.05) is 111 Å². The van der Waals surface area contributed by atoms with Crippen molar-refractivity contribution < 1.29 is 28.3 Å². The minimum absolute atomic E-state index is 0.000188. The molecule has 4 aromatic rings. The Morgan fingerprint density at radius 2 is 1.49 bits per heavy atom. The van der Waals surface area contributed by atoms with E-state index in [2.05, 4.69) is 16.1 Å². The van der Waals surface area contributed by atoms with Gasteiger partial charge in [-0.15, -0.1) is 0 Å². The van der Waals surface area contributed by atoms with E-state index in [1.54, 1.807) is 21.1 Å². The van der Waals surface area contributed by atoms with Crippen LogP contribution in [0.25, 0.3) is 0 Å². The van der Waals surface area contributed by atoms with Crippen LogP contribution in [0.15, 0.2) is 94.6 Å². The highest BCUT2D eigenvalue weighted by Gasteiger charge is 2.47. The Morgan fingerprint density at radius 1 is 0.930 bits per heavy atom. The zero-order valence-electron chi connectivity index (χ0n) is 33.4. The van der Waals surface area contributed by atoms with Crippen molar-refractivity contribution in [2.24, 2.45) is 0 Å². The number of carbonyl (C=O) groups excluding carboxylic acids is 2. The Bertz CT molecular complexity index is 2080. The number of aromatic amines is 1. The maximum absolute atomic E-state index is 14.6. The Morgan fingerprint density at radius 3 is 2.02 bits per heavy atom. The van der Waals surface area contributed by atoms with Gasteiger partial charge in [-0.3, -0.25) is 29.0 Å². The number of aryl methyl sites for hydroxylation is 1. The number of aromatic nitrogens is 2. The molecule has 3 atom stereocenters. The van der Waals surface area contributed by atoms with Crippen molar-refractivity contribution in [3.05, 3.63) is 128 Å². The second-order valence-corrected chi connectivity index (χ2v) is 15.8. The molecule has 2 N–H and O–H groups in total. The fraction of sp³-hybridized carbons (Fsp3) is 0.405. The number of ether oxygens (including phenoxy) is 3. The van der Waals surface area contributed by atoms with Gasteiger partial charge in [-0.25, -0.2) is 9.46 Å². The molecule has 5 rings (SSSR count). The number of benzene rings is 3. The van der Waals surface area contributed by atoms with Crippen molar-refractivity contribution in [2.75, 3.05) is 27.4 Å². The molecule has 1 fully saturated rings. The molecular formula is C42H51N6O8P. The number of nitrogens with zero attached hydrogens (tertiary/aromatic N) is 4. The quantitative estimate of drug-likeness (QED) is 0.0820. The fourth-order valence-electron chi connectivity index (χ4n) is 7.18. The molecular weight excluding hydrogens is 747 g/mol. The van der Waals surface area contributed by atoms with Gasteiger partial charge in [-0.1, -0.05) is 54.6 Å². The molecule has 0 bridgehead atoms. The predicted molar refractivity (Wildman–Crippen MR) is 217 cm³/mol. The third kappa shape index (κ3) is 9.80. The van der Waals surface area contributed by atoms with E-state index in [0.29, 0.717) is 11.5 Å². The van der Waals surface area contributed by atoms with Crippen molar-refractivity contribution in [3.8, 4) is 17.6 Å². The Balaban J connectivity index is 1.60. The van der Waals surface area contributed by atoms with Crippen LogP contribution in [0.2, 0.25) is 0 Å². The smallest absolute Gasteiger partial charge is 0.328 e. The number of nitriles is 1. The minimum Gasteiger partial charge on any atom is -0.497 e. The average Bonchev–Trinajstić information content (AvgIpc) is 3.63. The normalized spacial score (nSPS) is 16.1. The fourth-order valence-corrected chi connectivity index (χ4v) is 8.93. The maximum Gasteiger partial charge on any atom is 0.328 e. The lowest BCUT2D eigenvalue weighted by atomic mass is 9.79. The van der Waals surface area contributed by atoms with E-state index in [4.69, 9.17) is 18.7 Å². The van der Waals surface area contributed by atoms with Crippen molar-refractivity contribution >= 4 is 20.3 Å². The molecule has 14 nitrogen and oxygen atoms in total. The number of nitrogens with one attached hydrogen (secondary N) is 2. The van der Waals surface area contributed by atoms with E-state index >= 15 is 0 Å². The number of amides is 2. The van der Waals surface area contributed by atoms with E-state index in [-0.39, 0.29) is 43.6 Å². The van der Waals surface area contributed by atoms with Crippen molar-refractivity contribution in [2.45, 2.75) is 83.8 Å². The number of H-pyrrole nitrogens is 1. The number of rotatable bonds is 17. The number of hydrogen-bond acceptors (Lipinski definition) is 10. The number of likely N-dealkylation sites (tertiary alicyclic amines) is 1. The van der Waals surface area contributed by atoms with Gasteiger partial charge in [0.25, 0.3) is 5.56 Å². The van der Waals surface area contributed by atoms with Gasteiger partial charge in [0, 0.05) is 36.8 Å². The zero-order chi connectivity index (χ0) is 41.3. The van der Waals surface area contributed by atoms with Crippen LogP contribution in [0.3, 0.4) is 0 Å². The van der Waals surface area contributed by atoms with Crippen LogP contribution in [0.1, 0.15) is 62.8 Å². The summed E-state index contributed by atoms with van der Waals surface area (Å²) in [6.07, 6.45) is 0.856. The molecule has 0 saturated carbocycles. The van der Waals surface area contributed by atoms with Gasteiger partial charge in [0.05, 0.1) is 39.4 Å². The predicted octanol–water partition coefficient (Wildman–Crippen LogP) is 5.23. The molecule has 1 aliphatic heterocycles. The molecule has 302 valence electrons. The molecule has 0 aliphatic carbocycles. The molecule has 0 radical (unpaired) electrons. The average molecular weight is 799 g/mol. The lowest BCUT2D eigenvalue weighted by Crippen LogP contribution is -2.48. The van der Waals surface area contributed by atoms with Crippen LogP contribution < -0.4 is 25.8 Å². The monoisotopic (exact) mass is 798 g/mol. The largest absolute Gasteiger partial charge is 0.497 e. The summed E-state index contributed by atoms with van der Waals surface area (Å²) in [6.45, 7) is 9.21. The first-order chi connectivity index (χ1) is 27.3. The van der Waals surface area contributed by atoms with Crippen LogP contribution in [0.5, 0.6) is 11.5 Å².